The van der Waals surface area contributed by atoms with Crippen molar-refractivity contribution in [2.45, 2.75) is 26.1 Å². The number of carbonyl (C=O) groups excluding carboxylic acids is 1. The lowest BCUT2D eigenvalue weighted by Crippen LogP contribution is -2.49. The summed E-state index contributed by atoms with van der Waals surface area (Å²) in [7, 11) is 0. The summed E-state index contributed by atoms with van der Waals surface area (Å²) in [6.45, 7) is 2.27. The molecule has 132 valence electrons. The number of hydrogen-bond acceptors (Lipinski definition) is 3. The van der Waals surface area contributed by atoms with E-state index in [0.717, 1.165) is 12.3 Å². The fourth-order valence-electron chi connectivity index (χ4n) is 2.73. The number of rotatable bonds is 3. The maximum Gasteiger partial charge on any atom is 0.433 e. The SMILES string of the molecule is CC1CC(C(=O)O)CN(C(=O)NCc2ccnc(C(F)(F)F)c2)C1. The molecule has 2 amide bonds. The van der Waals surface area contributed by atoms with Gasteiger partial charge in [0.1, 0.15) is 5.69 Å². The summed E-state index contributed by atoms with van der Waals surface area (Å²) < 4.78 is 37.8. The Morgan fingerprint density at radius 1 is 1.42 bits per heavy atom. The number of aromatic nitrogens is 1. The first-order chi connectivity index (χ1) is 11.2. The summed E-state index contributed by atoms with van der Waals surface area (Å²) in [4.78, 5) is 27.9. The number of urea groups is 1. The minimum atomic E-state index is -4.54. The van der Waals surface area contributed by atoms with Crippen molar-refractivity contribution >= 4 is 12.0 Å². The molecular formula is C15H18F3N3O3. The highest BCUT2D eigenvalue weighted by Crippen LogP contribution is 2.27. The van der Waals surface area contributed by atoms with Gasteiger partial charge in [0.2, 0.25) is 0 Å². The van der Waals surface area contributed by atoms with E-state index in [0.29, 0.717) is 13.0 Å². The smallest absolute Gasteiger partial charge is 0.433 e. The van der Waals surface area contributed by atoms with Crippen molar-refractivity contribution in [1.82, 2.24) is 15.2 Å². The molecule has 2 heterocycles. The molecule has 1 aliphatic heterocycles. The highest BCUT2D eigenvalue weighted by atomic mass is 19.4. The Morgan fingerprint density at radius 3 is 2.75 bits per heavy atom. The number of aliphatic carboxylic acids is 1. The Kier molecular flexibility index (Phi) is 5.30. The Balaban J connectivity index is 1.97. The minimum absolute atomic E-state index is 0.0448. The molecule has 2 atom stereocenters. The van der Waals surface area contributed by atoms with E-state index < -0.39 is 29.8 Å². The summed E-state index contributed by atoms with van der Waals surface area (Å²) in [5, 5.41) is 11.6. The molecule has 1 aromatic heterocycles. The van der Waals surface area contributed by atoms with Crippen molar-refractivity contribution in [3.8, 4) is 0 Å². The Labute approximate surface area is 136 Å². The van der Waals surface area contributed by atoms with Crippen LogP contribution in [0.4, 0.5) is 18.0 Å². The van der Waals surface area contributed by atoms with Gasteiger partial charge in [-0.2, -0.15) is 13.2 Å². The van der Waals surface area contributed by atoms with Crippen LogP contribution in [0.15, 0.2) is 18.3 Å². The largest absolute Gasteiger partial charge is 0.481 e. The van der Waals surface area contributed by atoms with Crippen LogP contribution < -0.4 is 5.32 Å². The molecule has 1 fully saturated rings. The van der Waals surface area contributed by atoms with Crippen LogP contribution in [0.5, 0.6) is 0 Å². The Hall–Kier alpha value is -2.32. The van der Waals surface area contributed by atoms with Crippen LogP contribution in [-0.2, 0) is 17.5 Å². The van der Waals surface area contributed by atoms with Crippen molar-refractivity contribution in [1.29, 1.82) is 0 Å². The molecule has 2 unspecified atom stereocenters. The maximum atomic E-state index is 12.6. The van der Waals surface area contributed by atoms with E-state index in [1.807, 2.05) is 6.92 Å². The number of amides is 2. The number of halogens is 3. The summed E-state index contributed by atoms with van der Waals surface area (Å²) in [5.74, 6) is -1.54. The fraction of sp³-hybridized carbons (Fsp3) is 0.533. The van der Waals surface area contributed by atoms with E-state index in [2.05, 4.69) is 10.3 Å². The first-order valence-electron chi connectivity index (χ1n) is 7.44. The molecule has 0 spiro atoms. The Bertz CT molecular complexity index is 621. The first kappa shape index (κ1) is 18.0. The molecular weight excluding hydrogens is 327 g/mol. The molecule has 2 rings (SSSR count). The second kappa shape index (κ2) is 7.06. The van der Waals surface area contributed by atoms with E-state index in [4.69, 9.17) is 5.11 Å². The average molecular weight is 345 g/mol. The van der Waals surface area contributed by atoms with Crippen LogP contribution in [0.25, 0.3) is 0 Å². The van der Waals surface area contributed by atoms with Crippen molar-refractivity contribution in [3.63, 3.8) is 0 Å². The topological polar surface area (TPSA) is 82.5 Å². The fourth-order valence-corrected chi connectivity index (χ4v) is 2.73. The molecule has 1 aliphatic rings. The molecule has 0 saturated carbocycles. The number of nitrogens with one attached hydrogen (secondary N) is 1. The molecule has 0 bridgehead atoms. The Morgan fingerprint density at radius 2 is 2.12 bits per heavy atom. The summed E-state index contributed by atoms with van der Waals surface area (Å²) in [6, 6.07) is 1.77. The molecule has 0 radical (unpaired) electrons. The molecule has 6 nitrogen and oxygen atoms in total. The van der Waals surface area contributed by atoms with Crippen LogP contribution in [0, 0.1) is 11.8 Å². The standard InChI is InChI=1S/C15H18F3N3O3/c1-9-4-11(13(22)23)8-21(7-9)14(24)20-6-10-2-3-19-12(5-10)15(16,17)18/h2-3,5,9,11H,4,6-8H2,1H3,(H,20,24)(H,22,23). The molecule has 1 saturated heterocycles. The highest BCUT2D eigenvalue weighted by Gasteiger charge is 2.33. The van der Waals surface area contributed by atoms with Crippen LogP contribution in [0.1, 0.15) is 24.6 Å². The van der Waals surface area contributed by atoms with E-state index >= 15 is 0 Å². The van der Waals surface area contributed by atoms with Gasteiger partial charge in [-0.1, -0.05) is 6.92 Å². The average Bonchev–Trinajstić information content (AvgIpc) is 2.51. The maximum absolute atomic E-state index is 12.6. The van der Waals surface area contributed by atoms with Crippen molar-refractivity contribution < 1.29 is 27.9 Å². The number of alkyl halides is 3. The molecule has 0 aromatic carbocycles. The van der Waals surface area contributed by atoms with Gasteiger partial charge in [0.05, 0.1) is 5.92 Å². The zero-order valence-corrected chi connectivity index (χ0v) is 13.0. The van der Waals surface area contributed by atoms with Gasteiger partial charge >= 0.3 is 18.2 Å². The van der Waals surface area contributed by atoms with Crippen LogP contribution in [0.3, 0.4) is 0 Å². The molecule has 1 aromatic rings. The number of piperidine rings is 1. The summed E-state index contributed by atoms with van der Waals surface area (Å²) >= 11 is 0. The van der Waals surface area contributed by atoms with E-state index in [-0.39, 0.29) is 24.6 Å². The van der Waals surface area contributed by atoms with Gasteiger partial charge in [-0.05, 0) is 30.0 Å². The van der Waals surface area contributed by atoms with Gasteiger partial charge < -0.3 is 15.3 Å². The van der Waals surface area contributed by atoms with Gasteiger partial charge in [0.25, 0.3) is 0 Å². The zero-order valence-electron chi connectivity index (χ0n) is 13.0. The first-order valence-corrected chi connectivity index (χ1v) is 7.44. The second-order valence-electron chi connectivity index (χ2n) is 5.99. The van der Waals surface area contributed by atoms with Crippen molar-refractivity contribution in [2.75, 3.05) is 13.1 Å². The number of carbonyl (C=O) groups is 2. The van der Waals surface area contributed by atoms with Crippen LogP contribution >= 0.6 is 0 Å². The van der Waals surface area contributed by atoms with E-state index in [1.165, 1.54) is 11.0 Å². The van der Waals surface area contributed by atoms with Gasteiger partial charge in [-0.25, -0.2) is 4.79 Å². The normalized spacial score (nSPS) is 21.4. The lowest BCUT2D eigenvalue weighted by atomic mass is 9.91. The number of likely N-dealkylation sites (tertiary alicyclic amines) is 1. The molecule has 2 N–H and O–H groups in total. The summed E-state index contributed by atoms with van der Waals surface area (Å²) in [6.07, 6.45) is -3.01. The van der Waals surface area contributed by atoms with Crippen LogP contribution in [-0.4, -0.2) is 40.1 Å². The van der Waals surface area contributed by atoms with Gasteiger partial charge in [0, 0.05) is 25.8 Å². The third-order valence-electron chi connectivity index (χ3n) is 3.85. The van der Waals surface area contributed by atoms with E-state index in [1.54, 1.807) is 0 Å². The van der Waals surface area contributed by atoms with Gasteiger partial charge in [-0.15, -0.1) is 0 Å². The number of carboxylic acids is 1. The number of nitrogens with zero attached hydrogens (tertiary/aromatic N) is 2. The third-order valence-corrected chi connectivity index (χ3v) is 3.85. The quantitative estimate of drug-likeness (QED) is 0.881. The molecule has 24 heavy (non-hydrogen) atoms. The monoisotopic (exact) mass is 345 g/mol. The lowest BCUT2D eigenvalue weighted by molar-refractivity contribution is -0.144. The van der Waals surface area contributed by atoms with Gasteiger partial charge in [0.15, 0.2) is 0 Å². The van der Waals surface area contributed by atoms with Crippen LogP contribution in [0.2, 0.25) is 0 Å². The van der Waals surface area contributed by atoms with Crippen molar-refractivity contribution in [3.05, 3.63) is 29.6 Å². The highest BCUT2D eigenvalue weighted by molar-refractivity contribution is 5.76. The predicted octanol–water partition coefficient (Wildman–Crippen LogP) is 2.35. The van der Waals surface area contributed by atoms with Gasteiger partial charge in [-0.3, -0.25) is 9.78 Å². The molecule has 0 aliphatic carbocycles. The predicted molar refractivity (Wildman–Crippen MR) is 78.0 cm³/mol. The summed E-state index contributed by atoms with van der Waals surface area (Å²) in [5.41, 5.74) is -0.752. The van der Waals surface area contributed by atoms with Crippen molar-refractivity contribution in [2.24, 2.45) is 11.8 Å². The number of carboxylic acid groups (broad SMARTS) is 1. The second-order valence-corrected chi connectivity index (χ2v) is 5.99. The zero-order chi connectivity index (χ0) is 17.9. The number of hydrogen-bond donors (Lipinski definition) is 2. The number of pyridine rings is 1. The van der Waals surface area contributed by atoms with E-state index in [9.17, 15) is 22.8 Å². The third kappa shape index (κ3) is 4.59. The molecule has 9 heteroatoms. The lowest BCUT2D eigenvalue weighted by Gasteiger charge is -2.34. The minimum Gasteiger partial charge on any atom is -0.481 e.